The molecule has 0 spiro atoms. The lowest BCUT2D eigenvalue weighted by atomic mass is 10.1. The molecule has 0 atom stereocenters. The Morgan fingerprint density at radius 1 is 1.53 bits per heavy atom. The third kappa shape index (κ3) is 2.84. The number of phenolic OH excluding ortho intramolecular Hbond substituents is 1. The van der Waals surface area contributed by atoms with E-state index in [4.69, 9.17) is 4.74 Å². The second kappa shape index (κ2) is 5.20. The number of benzene rings is 1. The van der Waals surface area contributed by atoms with Gasteiger partial charge in [-0.15, -0.1) is 0 Å². The quantitative estimate of drug-likeness (QED) is 0.608. The first-order valence-corrected chi connectivity index (χ1v) is 4.73. The Hall–Kier alpha value is -1.77. The number of phenols is 1. The summed E-state index contributed by atoms with van der Waals surface area (Å²) < 4.78 is 5.35. The number of ether oxygens (including phenoxy) is 1. The van der Waals surface area contributed by atoms with E-state index in [2.05, 4.69) is 0 Å². The van der Waals surface area contributed by atoms with Gasteiger partial charge in [-0.05, 0) is 26.0 Å². The van der Waals surface area contributed by atoms with Crippen molar-refractivity contribution in [2.75, 3.05) is 6.61 Å². The summed E-state index contributed by atoms with van der Waals surface area (Å²) in [7, 11) is 0. The Kier molecular flexibility index (Phi) is 3.92. The van der Waals surface area contributed by atoms with Gasteiger partial charge in [-0.3, -0.25) is 4.79 Å². The van der Waals surface area contributed by atoms with Gasteiger partial charge in [0.15, 0.2) is 5.78 Å². The average molecular weight is 206 g/mol. The van der Waals surface area contributed by atoms with Gasteiger partial charge in [0, 0.05) is 0 Å². The molecule has 0 amide bonds. The van der Waals surface area contributed by atoms with E-state index in [0.717, 1.165) is 0 Å². The zero-order valence-electron chi connectivity index (χ0n) is 8.86. The van der Waals surface area contributed by atoms with E-state index in [-0.39, 0.29) is 17.1 Å². The fraction of sp³-hybridized carbons (Fsp3) is 0.250. The normalized spacial score (nSPS) is 10.5. The number of hydrogen-bond donors (Lipinski definition) is 1. The van der Waals surface area contributed by atoms with Crippen molar-refractivity contribution in [2.24, 2.45) is 0 Å². The number of ketones is 1. The number of carbonyl (C=O) groups excluding carboxylic acids is 1. The molecule has 0 aromatic heterocycles. The number of aromatic hydroxyl groups is 1. The van der Waals surface area contributed by atoms with Gasteiger partial charge in [0.2, 0.25) is 0 Å². The van der Waals surface area contributed by atoms with Crippen molar-refractivity contribution in [3.05, 3.63) is 35.9 Å². The minimum absolute atomic E-state index is 0.0412. The van der Waals surface area contributed by atoms with Crippen molar-refractivity contribution in [1.82, 2.24) is 0 Å². The van der Waals surface area contributed by atoms with Crippen LogP contribution in [0.25, 0.3) is 0 Å². The van der Waals surface area contributed by atoms with Crippen molar-refractivity contribution >= 4 is 5.78 Å². The first kappa shape index (κ1) is 11.3. The highest BCUT2D eigenvalue weighted by atomic mass is 16.5. The molecule has 1 rings (SSSR count). The molecular formula is C12H14O3. The van der Waals surface area contributed by atoms with Crippen LogP contribution in [-0.4, -0.2) is 17.5 Å². The molecule has 80 valence electrons. The van der Waals surface area contributed by atoms with Crippen molar-refractivity contribution in [1.29, 1.82) is 0 Å². The molecule has 3 heteroatoms. The zero-order valence-corrected chi connectivity index (χ0v) is 8.86. The van der Waals surface area contributed by atoms with E-state index in [1.807, 2.05) is 19.1 Å². The molecule has 0 aliphatic rings. The second-order valence-electron chi connectivity index (χ2n) is 3.09. The molecule has 0 aliphatic carbocycles. The van der Waals surface area contributed by atoms with Crippen LogP contribution >= 0.6 is 0 Å². The first-order valence-electron chi connectivity index (χ1n) is 4.73. The Balaban J connectivity index is 2.95. The summed E-state index contributed by atoms with van der Waals surface area (Å²) in [6.45, 7) is 3.68. The number of carbonyl (C=O) groups is 1. The predicted molar refractivity (Wildman–Crippen MR) is 58.4 cm³/mol. The lowest BCUT2D eigenvalue weighted by Gasteiger charge is -2.08. The van der Waals surface area contributed by atoms with Gasteiger partial charge in [-0.25, -0.2) is 0 Å². The van der Waals surface area contributed by atoms with Crippen LogP contribution in [0.4, 0.5) is 0 Å². The number of Topliss-reactive ketones (excluding diaryl/α,β-unsaturated/α-hetero) is 1. The van der Waals surface area contributed by atoms with E-state index >= 15 is 0 Å². The summed E-state index contributed by atoms with van der Waals surface area (Å²) in [5.41, 5.74) is 0.238. The minimum Gasteiger partial charge on any atom is -0.507 e. The van der Waals surface area contributed by atoms with Gasteiger partial charge in [0.1, 0.15) is 23.7 Å². The molecular weight excluding hydrogens is 192 g/mol. The molecule has 0 aliphatic heterocycles. The van der Waals surface area contributed by atoms with E-state index in [9.17, 15) is 9.90 Å². The smallest absolute Gasteiger partial charge is 0.167 e. The highest BCUT2D eigenvalue weighted by molar-refractivity contribution is 5.99. The molecule has 0 bridgehead atoms. The average Bonchev–Trinajstić information content (AvgIpc) is 2.17. The fourth-order valence-electron chi connectivity index (χ4n) is 1.23. The van der Waals surface area contributed by atoms with Crippen LogP contribution in [0.15, 0.2) is 30.4 Å². The van der Waals surface area contributed by atoms with E-state index in [0.29, 0.717) is 12.4 Å². The van der Waals surface area contributed by atoms with Crippen LogP contribution in [0.3, 0.4) is 0 Å². The molecule has 1 aromatic carbocycles. The highest BCUT2D eigenvalue weighted by Gasteiger charge is 2.12. The first-order chi connectivity index (χ1) is 7.16. The lowest BCUT2D eigenvalue weighted by Crippen LogP contribution is -2.01. The molecule has 0 radical (unpaired) electrons. The largest absolute Gasteiger partial charge is 0.507 e. The number of rotatable bonds is 4. The molecule has 1 aromatic rings. The summed E-state index contributed by atoms with van der Waals surface area (Å²) in [5.74, 6) is 0.171. The molecule has 0 saturated carbocycles. The van der Waals surface area contributed by atoms with Crippen molar-refractivity contribution in [3.8, 4) is 11.5 Å². The Morgan fingerprint density at radius 3 is 2.87 bits per heavy atom. The molecule has 15 heavy (non-hydrogen) atoms. The minimum atomic E-state index is -0.205. The summed E-state index contributed by atoms with van der Waals surface area (Å²) >= 11 is 0. The summed E-state index contributed by atoms with van der Waals surface area (Å²) in [6.07, 6.45) is 3.68. The highest BCUT2D eigenvalue weighted by Crippen LogP contribution is 2.27. The molecule has 0 fully saturated rings. The topological polar surface area (TPSA) is 46.5 Å². The van der Waals surface area contributed by atoms with Crippen LogP contribution in [0.1, 0.15) is 24.2 Å². The zero-order chi connectivity index (χ0) is 11.3. The van der Waals surface area contributed by atoms with Crippen LogP contribution in [0, 0.1) is 0 Å². The van der Waals surface area contributed by atoms with E-state index < -0.39 is 0 Å². The molecule has 3 nitrogen and oxygen atoms in total. The maximum absolute atomic E-state index is 11.3. The number of hydrogen-bond acceptors (Lipinski definition) is 3. The Labute approximate surface area is 89.0 Å². The van der Waals surface area contributed by atoms with Gasteiger partial charge in [-0.1, -0.05) is 18.2 Å². The van der Waals surface area contributed by atoms with Gasteiger partial charge in [0.25, 0.3) is 0 Å². The third-order valence-electron chi connectivity index (χ3n) is 1.93. The summed E-state index contributed by atoms with van der Waals surface area (Å²) in [6, 6.07) is 4.78. The number of allylic oxidation sites excluding steroid dienone is 1. The van der Waals surface area contributed by atoms with Gasteiger partial charge >= 0.3 is 0 Å². The molecule has 1 N–H and O–H groups in total. The maximum atomic E-state index is 11.3. The standard InChI is InChI=1S/C12H14O3/c1-3-4-8-15-11-7-5-6-10(14)12(11)9(2)13/h3-7,14H,8H2,1-2H3. The van der Waals surface area contributed by atoms with E-state index in [1.54, 1.807) is 12.1 Å². The summed E-state index contributed by atoms with van der Waals surface area (Å²) in [5, 5.41) is 9.50. The lowest BCUT2D eigenvalue weighted by molar-refractivity contribution is 0.101. The van der Waals surface area contributed by atoms with Gasteiger partial charge in [0.05, 0.1) is 0 Å². The van der Waals surface area contributed by atoms with Crippen LogP contribution in [0.5, 0.6) is 11.5 Å². The SMILES string of the molecule is CC=CCOc1cccc(O)c1C(C)=O. The third-order valence-corrected chi connectivity index (χ3v) is 1.93. The fourth-order valence-corrected chi connectivity index (χ4v) is 1.23. The van der Waals surface area contributed by atoms with Crippen LogP contribution in [-0.2, 0) is 0 Å². The van der Waals surface area contributed by atoms with Gasteiger partial charge < -0.3 is 9.84 Å². The second-order valence-corrected chi connectivity index (χ2v) is 3.09. The molecule has 0 heterocycles. The van der Waals surface area contributed by atoms with Gasteiger partial charge in [-0.2, -0.15) is 0 Å². The molecule has 0 saturated heterocycles. The van der Waals surface area contributed by atoms with E-state index in [1.165, 1.54) is 13.0 Å². The summed E-state index contributed by atoms with van der Waals surface area (Å²) in [4.78, 5) is 11.3. The van der Waals surface area contributed by atoms with Crippen molar-refractivity contribution < 1.29 is 14.6 Å². The van der Waals surface area contributed by atoms with Crippen molar-refractivity contribution in [2.45, 2.75) is 13.8 Å². The van der Waals surface area contributed by atoms with Crippen molar-refractivity contribution in [3.63, 3.8) is 0 Å². The van der Waals surface area contributed by atoms with Crippen LogP contribution in [0.2, 0.25) is 0 Å². The monoisotopic (exact) mass is 206 g/mol. The molecule has 0 unspecified atom stereocenters. The maximum Gasteiger partial charge on any atom is 0.167 e. The Morgan fingerprint density at radius 2 is 2.27 bits per heavy atom. The van der Waals surface area contributed by atoms with Crippen LogP contribution < -0.4 is 4.74 Å². The predicted octanol–water partition coefficient (Wildman–Crippen LogP) is 2.55. The Bertz CT molecular complexity index is 380.